The van der Waals surface area contributed by atoms with Gasteiger partial charge < -0.3 is 20.5 Å². The minimum Gasteiger partial charge on any atom is -0.393 e. The minimum absolute atomic E-state index is 0.102. The number of ether oxygens (including phenoxy) is 1. The third-order valence-corrected chi connectivity index (χ3v) is 4.37. The molecule has 0 amide bonds. The molecule has 2 rings (SSSR count). The molecular formula is C15H29N3O2. The average molecular weight is 283 g/mol. The summed E-state index contributed by atoms with van der Waals surface area (Å²) in [7, 11) is 0. The van der Waals surface area contributed by atoms with Crippen LogP contribution in [0.3, 0.4) is 0 Å². The highest BCUT2D eigenvalue weighted by Gasteiger charge is 2.29. The number of hydrogen-bond acceptors (Lipinski definition) is 3. The Balaban J connectivity index is 1.82. The van der Waals surface area contributed by atoms with Crippen LogP contribution in [0.25, 0.3) is 0 Å². The van der Waals surface area contributed by atoms with Gasteiger partial charge in [-0.15, -0.1) is 0 Å². The molecule has 0 spiro atoms. The van der Waals surface area contributed by atoms with Crippen LogP contribution in [0.1, 0.15) is 46.0 Å². The highest BCUT2D eigenvalue weighted by Crippen LogP contribution is 2.25. The van der Waals surface area contributed by atoms with Crippen LogP contribution in [0.4, 0.5) is 0 Å². The first-order chi connectivity index (χ1) is 9.63. The second-order valence-corrected chi connectivity index (χ2v) is 6.24. The first-order valence-electron chi connectivity index (χ1n) is 7.97. The molecule has 5 heteroatoms. The predicted molar refractivity (Wildman–Crippen MR) is 80.9 cm³/mol. The van der Waals surface area contributed by atoms with Crippen molar-refractivity contribution in [1.29, 1.82) is 0 Å². The third kappa shape index (κ3) is 4.35. The number of aliphatic imine (C=N–C) groups is 1. The molecule has 2 fully saturated rings. The van der Waals surface area contributed by atoms with Crippen LogP contribution < -0.4 is 10.6 Å². The molecule has 116 valence electrons. The van der Waals surface area contributed by atoms with Crippen molar-refractivity contribution in [2.75, 3.05) is 26.2 Å². The van der Waals surface area contributed by atoms with E-state index in [1.165, 1.54) is 0 Å². The molecule has 0 aromatic heterocycles. The van der Waals surface area contributed by atoms with Gasteiger partial charge in [-0.05, 0) is 39.5 Å². The van der Waals surface area contributed by atoms with Crippen molar-refractivity contribution in [1.82, 2.24) is 10.6 Å². The molecular weight excluding hydrogens is 254 g/mol. The Morgan fingerprint density at radius 1 is 1.35 bits per heavy atom. The molecule has 5 nitrogen and oxygen atoms in total. The topological polar surface area (TPSA) is 65.9 Å². The lowest BCUT2D eigenvalue weighted by Crippen LogP contribution is -2.42. The molecule has 3 atom stereocenters. The van der Waals surface area contributed by atoms with Crippen molar-refractivity contribution < 1.29 is 9.84 Å². The van der Waals surface area contributed by atoms with E-state index in [0.717, 1.165) is 57.8 Å². The van der Waals surface area contributed by atoms with E-state index in [-0.39, 0.29) is 11.7 Å². The van der Waals surface area contributed by atoms with Gasteiger partial charge >= 0.3 is 0 Å². The van der Waals surface area contributed by atoms with E-state index in [2.05, 4.69) is 29.5 Å². The second kappa shape index (κ2) is 7.27. The van der Waals surface area contributed by atoms with Crippen LogP contribution in [0.5, 0.6) is 0 Å². The molecule has 1 aliphatic carbocycles. The summed E-state index contributed by atoms with van der Waals surface area (Å²) in [5.41, 5.74) is -0.102. The summed E-state index contributed by atoms with van der Waals surface area (Å²) in [6.45, 7) is 7.38. The quantitative estimate of drug-likeness (QED) is 0.525. The summed E-state index contributed by atoms with van der Waals surface area (Å²) in [5, 5.41) is 16.5. The predicted octanol–water partition coefficient (Wildman–Crippen LogP) is 1.27. The Morgan fingerprint density at radius 3 is 2.80 bits per heavy atom. The largest absolute Gasteiger partial charge is 0.393 e. The molecule has 0 bridgehead atoms. The molecule has 0 aromatic carbocycles. The van der Waals surface area contributed by atoms with Crippen molar-refractivity contribution in [2.24, 2.45) is 10.9 Å². The lowest BCUT2D eigenvalue weighted by atomic mass is 10.0. The van der Waals surface area contributed by atoms with Gasteiger partial charge in [-0.3, -0.25) is 4.99 Å². The van der Waals surface area contributed by atoms with Crippen molar-refractivity contribution in [3.63, 3.8) is 0 Å². The van der Waals surface area contributed by atoms with Gasteiger partial charge in [0.25, 0.3) is 0 Å². The molecule has 1 aliphatic heterocycles. The van der Waals surface area contributed by atoms with Crippen LogP contribution in [0, 0.1) is 5.92 Å². The number of aliphatic hydroxyl groups excluding tert-OH is 1. The highest BCUT2D eigenvalue weighted by atomic mass is 16.5. The summed E-state index contributed by atoms with van der Waals surface area (Å²) in [5.74, 6) is 1.19. The van der Waals surface area contributed by atoms with Gasteiger partial charge in [0.1, 0.15) is 0 Å². The summed E-state index contributed by atoms with van der Waals surface area (Å²) >= 11 is 0. The molecule has 0 aromatic rings. The zero-order valence-corrected chi connectivity index (χ0v) is 12.8. The fourth-order valence-corrected chi connectivity index (χ4v) is 3.03. The van der Waals surface area contributed by atoms with Gasteiger partial charge in [0, 0.05) is 25.6 Å². The van der Waals surface area contributed by atoms with E-state index < -0.39 is 0 Å². The molecule has 20 heavy (non-hydrogen) atoms. The van der Waals surface area contributed by atoms with Crippen molar-refractivity contribution in [2.45, 2.75) is 57.7 Å². The van der Waals surface area contributed by atoms with Crippen LogP contribution in [-0.2, 0) is 4.74 Å². The average Bonchev–Trinajstić information content (AvgIpc) is 3.03. The van der Waals surface area contributed by atoms with Crippen LogP contribution in [0.2, 0.25) is 0 Å². The van der Waals surface area contributed by atoms with Crippen molar-refractivity contribution >= 4 is 5.96 Å². The Kier molecular flexibility index (Phi) is 5.66. The fourth-order valence-electron chi connectivity index (χ4n) is 3.03. The van der Waals surface area contributed by atoms with Gasteiger partial charge in [0.15, 0.2) is 5.96 Å². The van der Waals surface area contributed by atoms with Gasteiger partial charge in [0.2, 0.25) is 0 Å². The Labute approximate surface area is 122 Å². The second-order valence-electron chi connectivity index (χ2n) is 6.24. The molecule has 3 N–H and O–H groups in total. The summed E-state index contributed by atoms with van der Waals surface area (Å²) < 4.78 is 5.76. The van der Waals surface area contributed by atoms with Gasteiger partial charge in [-0.2, -0.15) is 0 Å². The summed E-state index contributed by atoms with van der Waals surface area (Å²) in [4.78, 5) is 4.64. The zero-order chi connectivity index (χ0) is 14.4. The first kappa shape index (κ1) is 15.6. The first-order valence-corrected chi connectivity index (χ1v) is 7.97. The molecule has 1 heterocycles. The fraction of sp³-hybridized carbons (Fsp3) is 0.933. The lowest BCUT2D eigenvalue weighted by molar-refractivity contribution is 0.0283. The maximum atomic E-state index is 9.85. The monoisotopic (exact) mass is 283 g/mol. The number of hydrogen-bond donors (Lipinski definition) is 3. The number of aliphatic hydroxyl groups is 1. The molecule has 0 radical (unpaired) electrons. The minimum atomic E-state index is -0.152. The Morgan fingerprint density at radius 2 is 2.20 bits per heavy atom. The maximum absolute atomic E-state index is 9.85. The molecule has 1 saturated heterocycles. The Bertz CT molecular complexity index is 327. The smallest absolute Gasteiger partial charge is 0.191 e. The zero-order valence-electron chi connectivity index (χ0n) is 12.8. The standard InChI is InChI=1S/C15H29N3O2/c1-3-16-14(17-10-12-6-4-7-13(12)19)18-11-15(2)8-5-9-20-15/h12-13,19H,3-11H2,1-2H3,(H2,16,17,18). The third-order valence-electron chi connectivity index (χ3n) is 4.37. The Hall–Kier alpha value is -0.810. The highest BCUT2D eigenvalue weighted by molar-refractivity contribution is 5.79. The van der Waals surface area contributed by atoms with E-state index in [4.69, 9.17) is 4.74 Å². The number of nitrogens with zero attached hydrogens (tertiary/aromatic N) is 1. The summed E-state index contributed by atoms with van der Waals surface area (Å²) in [6, 6.07) is 0. The molecule has 3 unspecified atom stereocenters. The normalized spacial score (nSPS) is 34.5. The van der Waals surface area contributed by atoms with Crippen LogP contribution >= 0.6 is 0 Å². The van der Waals surface area contributed by atoms with Crippen molar-refractivity contribution in [3.05, 3.63) is 0 Å². The van der Waals surface area contributed by atoms with Gasteiger partial charge in [0.05, 0.1) is 18.2 Å². The number of rotatable bonds is 5. The van der Waals surface area contributed by atoms with Crippen LogP contribution in [0.15, 0.2) is 4.99 Å². The van der Waals surface area contributed by atoms with Crippen molar-refractivity contribution in [3.8, 4) is 0 Å². The number of guanidine groups is 1. The lowest BCUT2D eigenvalue weighted by Gasteiger charge is -2.22. The van der Waals surface area contributed by atoms with Gasteiger partial charge in [-0.25, -0.2) is 0 Å². The van der Waals surface area contributed by atoms with E-state index >= 15 is 0 Å². The van der Waals surface area contributed by atoms with E-state index in [9.17, 15) is 5.11 Å². The SMILES string of the molecule is CCNC(=NCC1(C)CCCO1)NCC1CCCC1O. The van der Waals surface area contributed by atoms with Crippen LogP contribution in [-0.4, -0.2) is 49.0 Å². The van der Waals surface area contributed by atoms with E-state index in [1.54, 1.807) is 0 Å². The molecule has 1 saturated carbocycles. The molecule has 2 aliphatic rings. The van der Waals surface area contributed by atoms with Gasteiger partial charge in [-0.1, -0.05) is 6.42 Å². The van der Waals surface area contributed by atoms with E-state index in [1.807, 2.05) is 0 Å². The summed E-state index contributed by atoms with van der Waals surface area (Å²) in [6.07, 6.45) is 5.23. The maximum Gasteiger partial charge on any atom is 0.191 e. The van der Waals surface area contributed by atoms with E-state index in [0.29, 0.717) is 12.5 Å². The number of nitrogens with one attached hydrogen (secondary N) is 2.